The van der Waals surface area contributed by atoms with Crippen LogP contribution in [0, 0.1) is 0 Å². The van der Waals surface area contributed by atoms with Gasteiger partial charge in [0.05, 0.1) is 5.56 Å². The van der Waals surface area contributed by atoms with Crippen LogP contribution in [0.3, 0.4) is 0 Å². The van der Waals surface area contributed by atoms with E-state index in [-0.39, 0.29) is 6.54 Å². The van der Waals surface area contributed by atoms with Crippen molar-refractivity contribution in [3.63, 3.8) is 0 Å². The SMILES string of the molecule is NCc1cc(Cl)ccc1-c1ccc(C(F)(F)F)cc1. The first-order valence-electron chi connectivity index (χ1n) is 5.58. The summed E-state index contributed by atoms with van der Waals surface area (Å²) in [5.74, 6) is 0. The quantitative estimate of drug-likeness (QED) is 0.865. The highest BCUT2D eigenvalue weighted by molar-refractivity contribution is 6.30. The molecule has 0 spiro atoms. The van der Waals surface area contributed by atoms with E-state index in [1.54, 1.807) is 18.2 Å². The highest BCUT2D eigenvalue weighted by Gasteiger charge is 2.29. The molecule has 0 fully saturated rings. The molecule has 2 rings (SSSR count). The van der Waals surface area contributed by atoms with E-state index in [1.807, 2.05) is 0 Å². The Kier molecular flexibility index (Phi) is 3.83. The summed E-state index contributed by atoms with van der Waals surface area (Å²) < 4.78 is 37.4. The summed E-state index contributed by atoms with van der Waals surface area (Å²) in [6, 6.07) is 10.2. The number of halogens is 4. The van der Waals surface area contributed by atoms with Gasteiger partial charge < -0.3 is 5.73 Å². The van der Waals surface area contributed by atoms with Crippen molar-refractivity contribution < 1.29 is 13.2 Å². The predicted octanol–water partition coefficient (Wildman–Crippen LogP) is 4.48. The molecule has 0 unspecified atom stereocenters. The Morgan fingerprint density at radius 2 is 1.63 bits per heavy atom. The van der Waals surface area contributed by atoms with Gasteiger partial charge >= 0.3 is 6.18 Å². The van der Waals surface area contributed by atoms with Crippen LogP contribution in [-0.4, -0.2) is 0 Å². The maximum atomic E-state index is 12.5. The molecule has 0 saturated heterocycles. The predicted molar refractivity (Wildman–Crippen MR) is 69.8 cm³/mol. The number of alkyl halides is 3. The van der Waals surface area contributed by atoms with Crippen LogP contribution in [0.4, 0.5) is 13.2 Å². The lowest BCUT2D eigenvalue weighted by Gasteiger charge is -2.11. The number of hydrogen-bond donors (Lipinski definition) is 1. The molecule has 0 heterocycles. The first kappa shape index (κ1) is 13.9. The molecule has 0 aliphatic heterocycles. The Morgan fingerprint density at radius 3 is 2.16 bits per heavy atom. The lowest BCUT2D eigenvalue weighted by molar-refractivity contribution is -0.137. The normalized spacial score (nSPS) is 11.6. The minimum absolute atomic E-state index is 0.275. The fourth-order valence-electron chi connectivity index (χ4n) is 1.85. The van der Waals surface area contributed by atoms with Crippen molar-refractivity contribution in [1.29, 1.82) is 0 Å². The van der Waals surface area contributed by atoms with Crippen LogP contribution >= 0.6 is 11.6 Å². The lowest BCUT2D eigenvalue weighted by Crippen LogP contribution is -2.04. The molecule has 19 heavy (non-hydrogen) atoms. The number of rotatable bonds is 2. The third-order valence-corrected chi connectivity index (χ3v) is 3.05. The first-order chi connectivity index (χ1) is 8.91. The van der Waals surface area contributed by atoms with Gasteiger partial charge in [-0.05, 0) is 41.0 Å². The van der Waals surface area contributed by atoms with E-state index in [0.29, 0.717) is 10.6 Å². The topological polar surface area (TPSA) is 26.0 Å². The Morgan fingerprint density at radius 1 is 1.00 bits per heavy atom. The third kappa shape index (κ3) is 3.08. The summed E-state index contributed by atoms with van der Waals surface area (Å²) in [7, 11) is 0. The van der Waals surface area contributed by atoms with Crippen molar-refractivity contribution in [3.8, 4) is 11.1 Å². The second kappa shape index (κ2) is 5.23. The van der Waals surface area contributed by atoms with Gasteiger partial charge in [-0.2, -0.15) is 13.2 Å². The average molecular weight is 286 g/mol. The summed E-state index contributed by atoms with van der Waals surface area (Å²) in [5.41, 5.74) is 7.23. The van der Waals surface area contributed by atoms with E-state index >= 15 is 0 Å². The van der Waals surface area contributed by atoms with Gasteiger partial charge in [-0.1, -0.05) is 29.8 Å². The molecular formula is C14H11ClF3N. The summed E-state index contributed by atoms with van der Waals surface area (Å²) in [6.45, 7) is 0.275. The van der Waals surface area contributed by atoms with Crippen LogP contribution in [0.5, 0.6) is 0 Å². The van der Waals surface area contributed by atoms with Crippen LogP contribution < -0.4 is 5.73 Å². The van der Waals surface area contributed by atoms with Gasteiger partial charge in [-0.3, -0.25) is 0 Å². The van der Waals surface area contributed by atoms with Crippen LogP contribution in [0.1, 0.15) is 11.1 Å². The highest BCUT2D eigenvalue weighted by atomic mass is 35.5. The van der Waals surface area contributed by atoms with Gasteiger partial charge in [0.2, 0.25) is 0 Å². The van der Waals surface area contributed by atoms with Crippen molar-refractivity contribution in [2.45, 2.75) is 12.7 Å². The van der Waals surface area contributed by atoms with E-state index in [4.69, 9.17) is 17.3 Å². The summed E-state index contributed by atoms with van der Waals surface area (Å²) in [5, 5.41) is 0.552. The van der Waals surface area contributed by atoms with Gasteiger partial charge in [0, 0.05) is 11.6 Å². The molecule has 2 aromatic rings. The Bertz CT molecular complexity index is 576. The third-order valence-electron chi connectivity index (χ3n) is 2.81. The molecule has 1 nitrogen and oxygen atoms in total. The zero-order valence-electron chi connectivity index (χ0n) is 9.84. The molecule has 0 radical (unpaired) electrons. The van der Waals surface area contributed by atoms with E-state index in [9.17, 15) is 13.2 Å². The fourth-order valence-corrected chi connectivity index (χ4v) is 2.05. The second-order valence-corrected chi connectivity index (χ2v) is 4.52. The minimum atomic E-state index is -4.32. The van der Waals surface area contributed by atoms with Crippen molar-refractivity contribution >= 4 is 11.6 Å². The van der Waals surface area contributed by atoms with Crippen LogP contribution in [0.15, 0.2) is 42.5 Å². The van der Waals surface area contributed by atoms with Crippen molar-refractivity contribution in [3.05, 3.63) is 58.6 Å². The van der Waals surface area contributed by atoms with Gasteiger partial charge in [-0.15, -0.1) is 0 Å². The molecular weight excluding hydrogens is 275 g/mol. The summed E-state index contributed by atoms with van der Waals surface area (Å²) in [6.07, 6.45) is -4.32. The maximum absolute atomic E-state index is 12.5. The minimum Gasteiger partial charge on any atom is -0.326 e. The number of benzene rings is 2. The van der Waals surface area contributed by atoms with Crippen molar-refractivity contribution in [1.82, 2.24) is 0 Å². The van der Waals surface area contributed by atoms with Gasteiger partial charge in [0.25, 0.3) is 0 Å². The van der Waals surface area contributed by atoms with E-state index in [0.717, 1.165) is 23.3 Å². The highest BCUT2D eigenvalue weighted by Crippen LogP contribution is 2.32. The lowest BCUT2D eigenvalue weighted by atomic mass is 9.98. The summed E-state index contributed by atoms with van der Waals surface area (Å²) in [4.78, 5) is 0. The molecule has 2 N–H and O–H groups in total. The summed E-state index contributed by atoms with van der Waals surface area (Å²) >= 11 is 5.86. The number of nitrogens with two attached hydrogens (primary N) is 1. The second-order valence-electron chi connectivity index (χ2n) is 4.08. The first-order valence-corrected chi connectivity index (χ1v) is 5.96. The van der Waals surface area contributed by atoms with Crippen LogP contribution in [0.2, 0.25) is 5.02 Å². The van der Waals surface area contributed by atoms with E-state index < -0.39 is 11.7 Å². The molecule has 0 aliphatic carbocycles. The molecule has 2 aromatic carbocycles. The molecule has 0 amide bonds. The monoisotopic (exact) mass is 285 g/mol. The molecule has 0 aromatic heterocycles. The molecule has 0 saturated carbocycles. The van der Waals surface area contributed by atoms with Crippen molar-refractivity contribution in [2.75, 3.05) is 0 Å². The zero-order valence-corrected chi connectivity index (χ0v) is 10.6. The molecule has 0 bridgehead atoms. The van der Waals surface area contributed by atoms with E-state index in [2.05, 4.69) is 0 Å². The molecule has 100 valence electrons. The van der Waals surface area contributed by atoms with Crippen LogP contribution in [0.25, 0.3) is 11.1 Å². The Hall–Kier alpha value is -1.52. The number of hydrogen-bond acceptors (Lipinski definition) is 1. The van der Waals surface area contributed by atoms with E-state index in [1.165, 1.54) is 12.1 Å². The fraction of sp³-hybridized carbons (Fsp3) is 0.143. The molecule has 0 atom stereocenters. The average Bonchev–Trinajstić information content (AvgIpc) is 2.37. The smallest absolute Gasteiger partial charge is 0.326 e. The van der Waals surface area contributed by atoms with Gasteiger partial charge in [0.1, 0.15) is 0 Å². The van der Waals surface area contributed by atoms with Gasteiger partial charge in [0.15, 0.2) is 0 Å². The zero-order chi connectivity index (χ0) is 14.0. The maximum Gasteiger partial charge on any atom is 0.416 e. The van der Waals surface area contributed by atoms with Crippen LogP contribution in [-0.2, 0) is 12.7 Å². The Balaban J connectivity index is 2.43. The standard InChI is InChI=1S/C14H11ClF3N/c15-12-5-6-13(10(7-12)8-19)9-1-3-11(4-2-9)14(16,17)18/h1-7H,8,19H2. The van der Waals surface area contributed by atoms with Crippen molar-refractivity contribution in [2.24, 2.45) is 5.73 Å². The molecule has 5 heteroatoms. The van der Waals surface area contributed by atoms with Gasteiger partial charge in [-0.25, -0.2) is 0 Å². The molecule has 0 aliphatic rings. The largest absolute Gasteiger partial charge is 0.416 e. The Labute approximate surface area is 113 Å².